The second kappa shape index (κ2) is 10.9. The van der Waals surface area contributed by atoms with Crippen LogP contribution in [0.15, 0.2) is 24.4 Å². The zero-order valence-electron chi connectivity index (χ0n) is 21.9. The van der Waals surface area contributed by atoms with Gasteiger partial charge in [-0.2, -0.15) is 31.4 Å². The van der Waals surface area contributed by atoms with Gasteiger partial charge in [0.2, 0.25) is 5.91 Å². The first-order chi connectivity index (χ1) is 19.6. The zero-order chi connectivity index (χ0) is 30.6. The largest absolute Gasteiger partial charge is 0.436 e. The van der Waals surface area contributed by atoms with Crippen molar-refractivity contribution in [3.05, 3.63) is 52.2 Å². The zero-order valence-corrected chi connectivity index (χ0v) is 22.7. The molecule has 1 aromatic carbocycles. The normalized spacial score (nSPS) is 19.7. The Morgan fingerprint density at radius 1 is 1.10 bits per heavy atom. The van der Waals surface area contributed by atoms with E-state index in [0.717, 1.165) is 6.20 Å². The van der Waals surface area contributed by atoms with E-state index in [0.29, 0.717) is 17.5 Å². The standard InChI is InChI=1S/C26H24ClF7N6O2/c1-12(41)39-8-15(35-22-17-6-14(27)4-5-19(17)37-23(20(22)28)26(32,33)34)7-16(9-39)36-24(42)18-10-40(11-25(29,30)31)38-21(18)13-2-3-13/h4-6,10,13,15-16H,2-3,7-9,11H2,1H3,(H,35,37)(H,36,42)/t15-,16+/m1/s1. The SMILES string of the molecule is CC(=O)N1C[C@@H](NC(=O)c2cn(CC(F)(F)F)nc2C2CC2)C[C@@H](Nc2c(F)c(C(F)(F)F)nc3ccc(Cl)cc23)C1. The number of carbonyl (C=O) groups is 2. The highest BCUT2D eigenvalue weighted by molar-refractivity contribution is 6.31. The molecule has 226 valence electrons. The smallest absolute Gasteiger partial charge is 0.377 e. The molecule has 1 aliphatic heterocycles. The van der Waals surface area contributed by atoms with Gasteiger partial charge in [0.05, 0.1) is 22.5 Å². The van der Waals surface area contributed by atoms with Gasteiger partial charge in [-0.1, -0.05) is 11.6 Å². The monoisotopic (exact) mass is 620 g/mol. The van der Waals surface area contributed by atoms with Gasteiger partial charge in [-0.25, -0.2) is 9.37 Å². The lowest BCUT2D eigenvalue weighted by Gasteiger charge is -2.38. The molecule has 2 atom stereocenters. The number of piperidine rings is 1. The highest BCUT2D eigenvalue weighted by atomic mass is 35.5. The van der Waals surface area contributed by atoms with Crippen molar-refractivity contribution in [2.24, 2.45) is 0 Å². The summed E-state index contributed by atoms with van der Waals surface area (Å²) >= 11 is 6.03. The first-order valence-electron chi connectivity index (χ1n) is 12.9. The van der Waals surface area contributed by atoms with Crippen LogP contribution in [0.2, 0.25) is 5.02 Å². The van der Waals surface area contributed by atoms with Gasteiger partial charge >= 0.3 is 12.4 Å². The molecule has 0 unspecified atom stereocenters. The Morgan fingerprint density at radius 2 is 1.79 bits per heavy atom. The Morgan fingerprint density at radius 3 is 2.40 bits per heavy atom. The molecule has 5 rings (SSSR count). The number of likely N-dealkylation sites (tertiary alicyclic amines) is 1. The number of pyridine rings is 1. The number of benzene rings is 1. The summed E-state index contributed by atoms with van der Waals surface area (Å²) in [6, 6.07) is 2.20. The van der Waals surface area contributed by atoms with Crippen molar-refractivity contribution in [2.45, 2.75) is 63.1 Å². The van der Waals surface area contributed by atoms with Crippen LogP contribution >= 0.6 is 11.6 Å². The molecule has 2 N–H and O–H groups in total. The minimum atomic E-state index is -5.10. The van der Waals surface area contributed by atoms with E-state index in [1.54, 1.807) is 0 Å². The Labute approximate surface area is 239 Å². The topological polar surface area (TPSA) is 92.2 Å². The van der Waals surface area contributed by atoms with Gasteiger partial charge in [-0.15, -0.1) is 0 Å². The maximum absolute atomic E-state index is 15.3. The summed E-state index contributed by atoms with van der Waals surface area (Å²) in [7, 11) is 0. The molecule has 2 amide bonds. The number of fused-ring (bicyclic) bond motifs is 1. The molecular weight excluding hydrogens is 597 g/mol. The van der Waals surface area contributed by atoms with Gasteiger partial charge in [0.25, 0.3) is 5.91 Å². The maximum Gasteiger partial charge on any atom is 0.436 e. The molecule has 0 bridgehead atoms. The summed E-state index contributed by atoms with van der Waals surface area (Å²) in [5.74, 6) is -2.90. The lowest BCUT2D eigenvalue weighted by atomic mass is 9.99. The quantitative estimate of drug-likeness (QED) is 0.355. The first kappa shape index (κ1) is 29.9. The van der Waals surface area contributed by atoms with Gasteiger partial charge in [0.15, 0.2) is 11.5 Å². The molecule has 42 heavy (non-hydrogen) atoms. The van der Waals surface area contributed by atoms with E-state index in [9.17, 15) is 35.9 Å². The van der Waals surface area contributed by atoms with Crippen LogP contribution in [-0.2, 0) is 17.5 Å². The third-order valence-corrected chi connectivity index (χ3v) is 7.31. The highest BCUT2D eigenvalue weighted by Gasteiger charge is 2.40. The molecule has 3 aromatic rings. The van der Waals surface area contributed by atoms with E-state index >= 15 is 4.39 Å². The molecule has 2 aliphatic rings. The van der Waals surface area contributed by atoms with Crippen molar-refractivity contribution in [3.63, 3.8) is 0 Å². The number of rotatable bonds is 6. The minimum absolute atomic E-state index is 0.0142. The van der Waals surface area contributed by atoms with Crippen molar-refractivity contribution < 1.29 is 40.3 Å². The van der Waals surface area contributed by atoms with E-state index in [1.165, 1.54) is 30.0 Å². The molecule has 16 heteroatoms. The van der Waals surface area contributed by atoms with E-state index in [4.69, 9.17) is 11.6 Å². The fourth-order valence-corrected chi connectivity index (χ4v) is 5.28. The van der Waals surface area contributed by atoms with E-state index in [2.05, 4.69) is 20.7 Å². The first-order valence-corrected chi connectivity index (χ1v) is 13.3. The number of halogens is 8. The number of carbonyl (C=O) groups excluding carboxylic acids is 2. The highest BCUT2D eigenvalue weighted by Crippen LogP contribution is 2.41. The van der Waals surface area contributed by atoms with Gasteiger partial charge in [-0.05, 0) is 37.5 Å². The van der Waals surface area contributed by atoms with Crippen LogP contribution in [0.3, 0.4) is 0 Å². The van der Waals surface area contributed by atoms with Crippen LogP contribution in [-0.4, -0.2) is 62.8 Å². The fourth-order valence-electron chi connectivity index (χ4n) is 5.11. The molecule has 0 spiro atoms. The number of anilines is 1. The average molecular weight is 621 g/mol. The number of hydrogen-bond acceptors (Lipinski definition) is 5. The van der Waals surface area contributed by atoms with Crippen molar-refractivity contribution in [3.8, 4) is 0 Å². The minimum Gasteiger partial charge on any atom is -0.377 e. The summed E-state index contributed by atoms with van der Waals surface area (Å²) in [5.41, 5.74) is -2.19. The summed E-state index contributed by atoms with van der Waals surface area (Å²) in [4.78, 5) is 30.3. The maximum atomic E-state index is 15.3. The molecular formula is C26H24ClF7N6O2. The Balaban J connectivity index is 1.42. The summed E-state index contributed by atoms with van der Waals surface area (Å²) in [5, 5.41) is 9.57. The molecule has 2 aromatic heterocycles. The van der Waals surface area contributed by atoms with E-state index in [1.807, 2.05) is 0 Å². The molecule has 0 radical (unpaired) electrons. The molecule has 1 saturated carbocycles. The van der Waals surface area contributed by atoms with Crippen LogP contribution in [0.1, 0.15) is 53.8 Å². The number of aromatic nitrogens is 3. The van der Waals surface area contributed by atoms with Gasteiger partial charge in [0.1, 0.15) is 6.54 Å². The van der Waals surface area contributed by atoms with Gasteiger partial charge in [-0.3, -0.25) is 14.3 Å². The average Bonchev–Trinajstić information content (AvgIpc) is 3.64. The van der Waals surface area contributed by atoms with E-state index in [-0.39, 0.29) is 52.6 Å². The Hall–Kier alpha value is -3.62. The number of nitrogens with one attached hydrogen (secondary N) is 2. The number of alkyl halides is 6. The van der Waals surface area contributed by atoms with Crippen LogP contribution in [0.25, 0.3) is 10.9 Å². The second-order valence-electron chi connectivity index (χ2n) is 10.5. The summed E-state index contributed by atoms with van der Waals surface area (Å²) < 4.78 is 95.6. The predicted molar refractivity (Wildman–Crippen MR) is 138 cm³/mol. The third kappa shape index (κ3) is 6.55. The Kier molecular flexibility index (Phi) is 7.75. The fraction of sp³-hybridized carbons (Fsp3) is 0.462. The molecule has 8 nitrogen and oxygen atoms in total. The molecule has 2 fully saturated rings. The van der Waals surface area contributed by atoms with Crippen LogP contribution in [0.5, 0.6) is 0 Å². The summed E-state index contributed by atoms with van der Waals surface area (Å²) in [6.07, 6.45) is -7.22. The summed E-state index contributed by atoms with van der Waals surface area (Å²) in [6.45, 7) is -0.113. The lowest BCUT2D eigenvalue weighted by Crippen LogP contribution is -2.55. The predicted octanol–water partition coefficient (Wildman–Crippen LogP) is 5.51. The second-order valence-corrected chi connectivity index (χ2v) is 10.9. The Bertz CT molecular complexity index is 1540. The number of amides is 2. The van der Waals surface area contributed by atoms with Gasteiger partial charge in [0, 0.05) is 54.6 Å². The molecule has 1 aliphatic carbocycles. The van der Waals surface area contributed by atoms with Crippen molar-refractivity contribution >= 4 is 40.0 Å². The van der Waals surface area contributed by atoms with Crippen LogP contribution in [0, 0.1) is 5.82 Å². The molecule has 1 saturated heterocycles. The third-order valence-electron chi connectivity index (χ3n) is 7.08. The lowest BCUT2D eigenvalue weighted by molar-refractivity contribution is -0.144. The van der Waals surface area contributed by atoms with E-state index < -0.39 is 60.0 Å². The van der Waals surface area contributed by atoms with Crippen molar-refractivity contribution in [1.82, 2.24) is 25.0 Å². The van der Waals surface area contributed by atoms with Crippen molar-refractivity contribution in [2.75, 3.05) is 18.4 Å². The number of nitrogens with zero attached hydrogens (tertiary/aromatic N) is 4. The van der Waals surface area contributed by atoms with Crippen LogP contribution < -0.4 is 10.6 Å². The number of hydrogen-bond donors (Lipinski definition) is 2. The van der Waals surface area contributed by atoms with Crippen LogP contribution in [0.4, 0.5) is 36.4 Å². The van der Waals surface area contributed by atoms with Crippen molar-refractivity contribution in [1.29, 1.82) is 0 Å². The van der Waals surface area contributed by atoms with Gasteiger partial charge < -0.3 is 15.5 Å². The molecule has 3 heterocycles.